The molecule has 12 heteroatoms. The van der Waals surface area contributed by atoms with Gasteiger partial charge in [0.05, 0.1) is 30.5 Å². The van der Waals surface area contributed by atoms with Crippen LogP contribution in [0.25, 0.3) is 10.9 Å². The molecule has 5 rings (SSSR count). The van der Waals surface area contributed by atoms with Gasteiger partial charge in [-0.3, -0.25) is 4.68 Å². The van der Waals surface area contributed by atoms with E-state index >= 15 is 0 Å². The zero-order chi connectivity index (χ0) is 21.6. The molecule has 1 aromatic carbocycles. The van der Waals surface area contributed by atoms with Crippen molar-refractivity contribution in [3.63, 3.8) is 0 Å². The summed E-state index contributed by atoms with van der Waals surface area (Å²) in [5.41, 5.74) is 1.29. The van der Waals surface area contributed by atoms with Crippen LogP contribution in [0.2, 0.25) is 0 Å². The Hall–Kier alpha value is -2.12. The number of hydrogen-bond donors (Lipinski definition) is 0. The molecule has 164 valence electrons. The van der Waals surface area contributed by atoms with Gasteiger partial charge in [-0.2, -0.15) is 9.40 Å². The summed E-state index contributed by atoms with van der Waals surface area (Å²) in [6.07, 6.45) is 2.34. The van der Waals surface area contributed by atoms with Crippen molar-refractivity contribution in [2.75, 3.05) is 44.3 Å². The number of benzene rings is 1. The molecular weight excluding hydrogens is 488 g/mol. The van der Waals surface area contributed by atoms with E-state index in [1.165, 1.54) is 21.5 Å². The highest BCUT2D eigenvalue weighted by Gasteiger charge is 2.36. The van der Waals surface area contributed by atoms with E-state index in [-0.39, 0.29) is 5.03 Å². The summed E-state index contributed by atoms with van der Waals surface area (Å²) in [4.78, 5) is 10.9. The van der Waals surface area contributed by atoms with E-state index < -0.39 is 16.3 Å². The van der Waals surface area contributed by atoms with Crippen LogP contribution < -0.4 is 4.90 Å². The van der Waals surface area contributed by atoms with Crippen LogP contribution in [0.5, 0.6) is 0 Å². The topological polar surface area (TPSA) is 103 Å². The third-order valence-corrected chi connectivity index (χ3v) is 8.01. The van der Waals surface area contributed by atoms with Gasteiger partial charge in [0.2, 0.25) is 0 Å². The summed E-state index contributed by atoms with van der Waals surface area (Å²) in [5.74, 6) is 0.803. The van der Waals surface area contributed by atoms with Gasteiger partial charge in [0.25, 0.3) is 10.0 Å². The summed E-state index contributed by atoms with van der Waals surface area (Å²) in [6, 6.07) is 5.85. The summed E-state index contributed by atoms with van der Waals surface area (Å²) in [6.45, 7) is 2.56. The van der Waals surface area contributed by atoms with Crippen molar-refractivity contribution < 1.29 is 17.9 Å². The number of piperazine rings is 1. The Morgan fingerprint density at radius 2 is 1.84 bits per heavy atom. The van der Waals surface area contributed by atoms with Crippen molar-refractivity contribution in [2.24, 2.45) is 7.05 Å². The first-order valence-electron chi connectivity index (χ1n) is 9.85. The second-order valence-electron chi connectivity index (χ2n) is 7.35. The van der Waals surface area contributed by atoms with Gasteiger partial charge in [0, 0.05) is 43.1 Å². The summed E-state index contributed by atoms with van der Waals surface area (Å²) < 4.78 is 41.7. The number of hydrogen-bond acceptors (Lipinski definition) is 8. The van der Waals surface area contributed by atoms with Crippen molar-refractivity contribution >= 4 is 42.7 Å². The fraction of sp³-hybridized carbons (Fsp3) is 0.421. The molecular formula is C19H21BrN6O4S. The predicted molar refractivity (Wildman–Crippen MR) is 116 cm³/mol. The highest BCUT2D eigenvalue weighted by Crippen LogP contribution is 2.32. The van der Waals surface area contributed by atoms with Crippen molar-refractivity contribution in [3.8, 4) is 0 Å². The van der Waals surface area contributed by atoms with Crippen molar-refractivity contribution in [1.29, 1.82) is 0 Å². The van der Waals surface area contributed by atoms with Gasteiger partial charge in [0.15, 0.2) is 11.3 Å². The van der Waals surface area contributed by atoms with Crippen LogP contribution >= 0.6 is 15.9 Å². The van der Waals surface area contributed by atoms with Gasteiger partial charge < -0.3 is 14.4 Å². The molecule has 0 unspecified atom stereocenters. The molecule has 0 bridgehead atoms. The maximum absolute atomic E-state index is 13.5. The first-order chi connectivity index (χ1) is 14.9. The van der Waals surface area contributed by atoms with Gasteiger partial charge in [-0.1, -0.05) is 15.9 Å². The Morgan fingerprint density at radius 1 is 1.10 bits per heavy atom. The number of anilines is 1. The summed E-state index contributed by atoms with van der Waals surface area (Å²) in [7, 11) is -2.15. The largest absolute Gasteiger partial charge is 0.353 e. The van der Waals surface area contributed by atoms with E-state index in [0.717, 1.165) is 21.2 Å². The Kier molecular flexibility index (Phi) is 5.42. The first kappa shape index (κ1) is 20.8. The van der Waals surface area contributed by atoms with E-state index in [2.05, 4.69) is 35.9 Å². The van der Waals surface area contributed by atoms with Crippen molar-refractivity contribution in [2.45, 2.75) is 11.3 Å². The number of rotatable bonds is 4. The van der Waals surface area contributed by atoms with Gasteiger partial charge in [0.1, 0.15) is 12.1 Å². The van der Waals surface area contributed by atoms with Crippen LogP contribution in [0.3, 0.4) is 0 Å². The van der Waals surface area contributed by atoms with E-state index in [0.29, 0.717) is 45.0 Å². The molecule has 31 heavy (non-hydrogen) atoms. The van der Waals surface area contributed by atoms with Gasteiger partial charge in [-0.05, 0) is 18.2 Å². The summed E-state index contributed by atoms with van der Waals surface area (Å²) >= 11 is 3.50. The van der Waals surface area contributed by atoms with Crippen LogP contribution in [0.15, 0.2) is 40.2 Å². The highest BCUT2D eigenvalue weighted by molar-refractivity contribution is 9.10. The number of aromatic nitrogens is 4. The minimum Gasteiger partial charge on any atom is -0.353 e. The van der Waals surface area contributed by atoms with E-state index in [4.69, 9.17) is 9.47 Å². The van der Waals surface area contributed by atoms with Gasteiger partial charge in [-0.25, -0.2) is 18.4 Å². The van der Waals surface area contributed by atoms with Crippen LogP contribution in [0.4, 0.5) is 5.82 Å². The molecule has 3 aromatic rings. The zero-order valence-electron chi connectivity index (χ0n) is 16.8. The van der Waals surface area contributed by atoms with Crippen molar-refractivity contribution in [3.05, 3.63) is 40.8 Å². The lowest BCUT2D eigenvalue weighted by Crippen LogP contribution is -2.49. The van der Waals surface area contributed by atoms with Crippen molar-refractivity contribution in [1.82, 2.24) is 24.1 Å². The number of fused-ring (bicyclic) bond motifs is 1. The van der Waals surface area contributed by atoms with Crippen LogP contribution in [0.1, 0.15) is 11.9 Å². The minimum absolute atomic E-state index is 0.115. The second kappa shape index (κ2) is 8.10. The third kappa shape index (κ3) is 3.72. The molecule has 2 saturated heterocycles. The van der Waals surface area contributed by atoms with Crippen LogP contribution in [-0.4, -0.2) is 71.9 Å². The molecule has 0 spiro atoms. The summed E-state index contributed by atoms with van der Waals surface area (Å²) in [5, 5.41) is 5.19. The quantitative estimate of drug-likeness (QED) is 0.524. The lowest BCUT2D eigenvalue weighted by Gasteiger charge is -2.35. The predicted octanol–water partition coefficient (Wildman–Crippen LogP) is 1.68. The monoisotopic (exact) mass is 508 g/mol. The first-order valence-corrected chi connectivity index (χ1v) is 12.1. The standard InChI is InChI=1S/C19H21BrN6O4S/c1-24-18(15(11-23-24)19-29-8-9-30-19)31(27,28)26-6-4-25(5-7-26)17-14-10-13(20)2-3-16(14)21-12-22-17/h2-3,10-12,19H,4-9H2,1H3. The molecule has 2 aliphatic heterocycles. The molecule has 0 saturated carbocycles. The Balaban J connectivity index is 1.39. The fourth-order valence-electron chi connectivity index (χ4n) is 3.99. The molecule has 10 nitrogen and oxygen atoms in total. The molecule has 2 fully saturated rings. The molecule has 0 radical (unpaired) electrons. The van der Waals surface area contributed by atoms with E-state index in [9.17, 15) is 8.42 Å². The molecule has 0 atom stereocenters. The lowest BCUT2D eigenvalue weighted by molar-refractivity contribution is -0.0464. The molecule has 2 aromatic heterocycles. The Bertz CT molecular complexity index is 1220. The highest BCUT2D eigenvalue weighted by atomic mass is 79.9. The van der Waals surface area contributed by atoms with E-state index in [1.54, 1.807) is 7.05 Å². The Labute approximate surface area is 187 Å². The zero-order valence-corrected chi connectivity index (χ0v) is 19.2. The number of aryl methyl sites for hydroxylation is 1. The average molecular weight is 509 g/mol. The maximum atomic E-state index is 13.5. The number of halogens is 1. The average Bonchev–Trinajstić information content (AvgIpc) is 3.43. The second-order valence-corrected chi connectivity index (χ2v) is 10.1. The number of nitrogens with zero attached hydrogens (tertiary/aromatic N) is 6. The Morgan fingerprint density at radius 3 is 2.58 bits per heavy atom. The number of sulfonamides is 1. The normalized spacial score (nSPS) is 18.8. The van der Waals surface area contributed by atoms with Crippen LogP contribution in [-0.2, 0) is 26.5 Å². The number of ether oxygens (including phenoxy) is 2. The molecule has 0 N–H and O–H groups in total. The molecule has 4 heterocycles. The van der Waals surface area contributed by atoms with Crippen LogP contribution in [0, 0.1) is 0 Å². The molecule has 0 amide bonds. The minimum atomic E-state index is -3.77. The smallest absolute Gasteiger partial charge is 0.260 e. The molecule has 2 aliphatic rings. The fourth-order valence-corrected chi connectivity index (χ4v) is 6.07. The van der Waals surface area contributed by atoms with Gasteiger partial charge in [-0.15, -0.1) is 0 Å². The maximum Gasteiger partial charge on any atom is 0.260 e. The molecule has 0 aliphatic carbocycles. The lowest BCUT2D eigenvalue weighted by atomic mass is 10.2. The van der Waals surface area contributed by atoms with E-state index in [1.807, 2.05) is 18.2 Å². The van der Waals surface area contributed by atoms with Gasteiger partial charge >= 0.3 is 0 Å². The SMILES string of the molecule is Cn1ncc(C2OCCO2)c1S(=O)(=O)N1CCN(c2ncnc3ccc(Br)cc23)CC1. The third-order valence-electron chi connectivity index (χ3n) is 5.49.